The number of carbonyl (C=O) groups is 2. The molecule has 8 atom stereocenters. The van der Waals surface area contributed by atoms with Gasteiger partial charge in [-0.3, -0.25) is 18.6 Å². The fraction of sp³-hybridized carbons (Fsp3) is 0.956. The van der Waals surface area contributed by atoms with E-state index in [1.165, 1.54) is 141 Å². The fourth-order valence-corrected chi connectivity index (χ4v) is 8.56. The zero-order valence-corrected chi connectivity index (χ0v) is 38.0. The maximum absolute atomic E-state index is 12.8. The third kappa shape index (κ3) is 29.0. The van der Waals surface area contributed by atoms with Gasteiger partial charge in [-0.2, -0.15) is 0 Å². The first-order chi connectivity index (χ1) is 28.4. The van der Waals surface area contributed by atoms with Crippen molar-refractivity contribution in [1.82, 2.24) is 0 Å². The molecule has 6 N–H and O–H groups in total. The van der Waals surface area contributed by atoms with Crippen LogP contribution >= 0.6 is 7.82 Å². The van der Waals surface area contributed by atoms with Gasteiger partial charge in [-0.15, -0.1) is 0 Å². The highest BCUT2D eigenvalue weighted by Gasteiger charge is 2.51. The lowest BCUT2D eigenvalue weighted by Crippen LogP contribution is -2.64. The molecule has 1 aliphatic rings. The van der Waals surface area contributed by atoms with Gasteiger partial charge >= 0.3 is 19.8 Å². The van der Waals surface area contributed by atoms with Crippen molar-refractivity contribution in [3.05, 3.63) is 0 Å². The minimum absolute atomic E-state index is 0.105. The highest BCUT2D eigenvalue weighted by atomic mass is 31.2. The van der Waals surface area contributed by atoms with E-state index in [0.29, 0.717) is 12.8 Å². The summed E-state index contributed by atoms with van der Waals surface area (Å²) in [4.78, 5) is 35.7. The Morgan fingerprint density at radius 2 is 0.763 bits per heavy atom. The van der Waals surface area contributed by atoms with Gasteiger partial charge in [0.15, 0.2) is 6.10 Å². The molecule has 0 aromatic heterocycles. The highest BCUT2D eigenvalue weighted by Crippen LogP contribution is 2.47. The average molecular weight is 867 g/mol. The largest absolute Gasteiger partial charge is 0.472 e. The van der Waals surface area contributed by atoms with Gasteiger partial charge in [0.05, 0.1) is 6.61 Å². The minimum Gasteiger partial charge on any atom is -0.462 e. The van der Waals surface area contributed by atoms with E-state index in [0.717, 1.165) is 38.5 Å². The van der Waals surface area contributed by atoms with Crippen LogP contribution in [0.2, 0.25) is 0 Å². The predicted molar refractivity (Wildman–Crippen MR) is 231 cm³/mol. The molecule has 0 spiro atoms. The predicted octanol–water partition coefficient (Wildman–Crippen LogP) is 9.28. The number of phosphoric ester groups is 1. The number of unbranched alkanes of at least 4 members (excludes halogenated alkanes) is 28. The van der Waals surface area contributed by atoms with E-state index in [1.54, 1.807) is 0 Å². The summed E-state index contributed by atoms with van der Waals surface area (Å²) >= 11 is 0. The number of carbonyl (C=O) groups excluding carboxylic acids is 2. The van der Waals surface area contributed by atoms with E-state index in [-0.39, 0.29) is 12.8 Å². The Kier molecular flexibility index (Phi) is 34.4. The topological polar surface area (TPSA) is 210 Å². The van der Waals surface area contributed by atoms with E-state index in [4.69, 9.17) is 18.5 Å². The van der Waals surface area contributed by atoms with Crippen LogP contribution in [0.5, 0.6) is 0 Å². The molecule has 0 radical (unpaired) electrons. The van der Waals surface area contributed by atoms with E-state index in [2.05, 4.69) is 13.8 Å². The van der Waals surface area contributed by atoms with Crippen molar-refractivity contribution < 1.29 is 63.1 Å². The molecule has 59 heavy (non-hydrogen) atoms. The molecule has 1 fully saturated rings. The molecule has 0 aromatic carbocycles. The molecule has 1 aliphatic carbocycles. The van der Waals surface area contributed by atoms with Gasteiger partial charge in [-0.05, 0) is 12.8 Å². The summed E-state index contributed by atoms with van der Waals surface area (Å²) in [6.07, 6.45) is 22.9. The molecule has 4 unspecified atom stereocenters. The van der Waals surface area contributed by atoms with Crippen molar-refractivity contribution >= 4 is 19.8 Å². The third-order valence-corrected chi connectivity index (χ3v) is 12.4. The van der Waals surface area contributed by atoms with E-state index in [9.17, 15) is 44.6 Å². The number of esters is 2. The van der Waals surface area contributed by atoms with Crippen molar-refractivity contribution in [2.45, 2.75) is 262 Å². The lowest BCUT2D eigenvalue weighted by atomic mass is 9.85. The van der Waals surface area contributed by atoms with Crippen molar-refractivity contribution in [2.24, 2.45) is 0 Å². The van der Waals surface area contributed by atoms with Gasteiger partial charge in [0, 0.05) is 12.8 Å². The highest BCUT2D eigenvalue weighted by molar-refractivity contribution is 7.47. The zero-order chi connectivity index (χ0) is 43.6. The quantitative estimate of drug-likeness (QED) is 0.0193. The molecular formula is C45H87O13P. The van der Waals surface area contributed by atoms with Crippen LogP contribution in [0.15, 0.2) is 0 Å². The number of aliphatic hydroxyl groups is 5. The molecular weight excluding hydrogens is 779 g/mol. The SMILES string of the molecule is CCCCCCCCCCCCCCCCCC(=O)OCC(COP(=O)(O)OC1[C@H](O)[C@H](O)C(O)[C@H](O)[C@H]1O)OC(=O)CCCCCCCCCCCCCCCCC. The van der Waals surface area contributed by atoms with E-state index < -0.39 is 75.7 Å². The smallest absolute Gasteiger partial charge is 0.462 e. The monoisotopic (exact) mass is 867 g/mol. The summed E-state index contributed by atoms with van der Waals surface area (Å²) in [6, 6.07) is 0. The molecule has 350 valence electrons. The standard InChI is InChI=1S/C45H87O13P/c1-3-5-7-9-11-13-15-17-19-21-23-25-27-29-31-33-38(46)55-35-37(36-56-59(53,54)58-45-43(51)41(49)40(48)42(50)44(45)52)57-39(47)34-32-30-28-26-24-22-20-18-16-14-12-10-8-6-4-2/h37,40-45,48-52H,3-36H2,1-2H3,(H,53,54)/t37?,40?,41-,42+,43-,44-,45?/m1/s1. The third-order valence-electron chi connectivity index (χ3n) is 11.4. The molecule has 0 aliphatic heterocycles. The van der Waals surface area contributed by atoms with Gasteiger partial charge in [0.1, 0.15) is 43.2 Å². The summed E-state index contributed by atoms with van der Waals surface area (Å²) in [7, 11) is -5.11. The molecule has 0 bridgehead atoms. The summed E-state index contributed by atoms with van der Waals surface area (Å²) in [6.45, 7) is 3.33. The number of ether oxygens (including phenoxy) is 2. The Bertz CT molecular complexity index is 1050. The molecule has 0 amide bonds. The summed E-state index contributed by atoms with van der Waals surface area (Å²) in [5.41, 5.74) is 0. The second kappa shape index (κ2) is 36.3. The van der Waals surface area contributed by atoms with E-state index >= 15 is 0 Å². The average Bonchev–Trinajstić information content (AvgIpc) is 3.21. The Labute approximate surface area is 357 Å². The summed E-state index contributed by atoms with van der Waals surface area (Å²) in [5.74, 6) is -1.08. The molecule has 0 aromatic rings. The molecule has 13 nitrogen and oxygen atoms in total. The Morgan fingerprint density at radius 3 is 1.12 bits per heavy atom. The zero-order valence-electron chi connectivity index (χ0n) is 37.1. The van der Waals surface area contributed by atoms with Crippen molar-refractivity contribution in [2.75, 3.05) is 13.2 Å². The van der Waals surface area contributed by atoms with Gasteiger partial charge in [0.25, 0.3) is 0 Å². The van der Waals surface area contributed by atoms with Crippen LogP contribution in [0.1, 0.15) is 219 Å². The van der Waals surface area contributed by atoms with Crippen LogP contribution in [-0.2, 0) is 32.7 Å². The lowest BCUT2D eigenvalue weighted by molar-refractivity contribution is -0.220. The second-order valence-electron chi connectivity index (χ2n) is 17.0. The first-order valence-corrected chi connectivity index (χ1v) is 25.3. The first-order valence-electron chi connectivity index (χ1n) is 23.8. The maximum Gasteiger partial charge on any atom is 0.472 e. The number of hydrogen-bond donors (Lipinski definition) is 6. The first kappa shape index (κ1) is 55.9. The Balaban J connectivity index is 2.43. The van der Waals surface area contributed by atoms with Gasteiger partial charge < -0.3 is 39.9 Å². The van der Waals surface area contributed by atoms with Gasteiger partial charge in [0.2, 0.25) is 0 Å². The van der Waals surface area contributed by atoms with Gasteiger partial charge in [-0.25, -0.2) is 4.57 Å². The summed E-state index contributed by atoms with van der Waals surface area (Å²) in [5, 5.41) is 50.1. The van der Waals surface area contributed by atoms with Crippen LogP contribution in [-0.4, -0.2) is 98.3 Å². The van der Waals surface area contributed by atoms with Crippen LogP contribution in [0, 0.1) is 0 Å². The molecule has 1 saturated carbocycles. The second-order valence-corrected chi connectivity index (χ2v) is 18.4. The van der Waals surface area contributed by atoms with Crippen LogP contribution < -0.4 is 0 Å². The molecule has 14 heteroatoms. The fourth-order valence-electron chi connectivity index (χ4n) is 7.58. The minimum atomic E-state index is -5.11. The van der Waals surface area contributed by atoms with Crippen molar-refractivity contribution in [3.63, 3.8) is 0 Å². The number of phosphoric acid groups is 1. The van der Waals surface area contributed by atoms with Crippen LogP contribution in [0.25, 0.3) is 0 Å². The Hall–Kier alpha value is -1.15. The number of rotatable bonds is 40. The van der Waals surface area contributed by atoms with Gasteiger partial charge in [-0.1, -0.05) is 194 Å². The molecule has 1 rings (SSSR count). The molecule has 0 saturated heterocycles. The number of aliphatic hydroxyl groups excluding tert-OH is 5. The molecule has 0 heterocycles. The van der Waals surface area contributed by atoms with Crippen LogP contribution in [0.3, 0.4) is 0 Å². The lowest BCUT2D eigenvalue weighted by Gasteiger charge is -2.41. The van der Waals surface area contributed by atoms with Crippen molar-refractivity contribution in [3.8, 4) is 0 Å². The van der Waals surface area contributed by atoms with E-state index in [1.807, 2.05) is 0 Å². The Morgan fingerprint density at radius 1 is 0.458 bits per heavy atom. The maximum atomic E-state index is 12.8. The normalized spacial score (nSPS) is 22.2. The van der Waals surface area contributed by atoms with Crippen molar-refractivity contribution in [1.29, 1.82) is 0 Å². The summed E-state index contributed by atoms with van der Waals surface area (Å²) < 4.78 is 33.6. The number of hydrogen-bond acceptors (Lipinski definition) is 12. The van der Waals surface area contributed by atoms with Crippen LogP contribution in [0.4, 0.5) is 0 Å².